The summed E-state index contributed by atoms with van der Waals surface area (Å²) in [6.07, 6.45) is 1.26. The minimum atomic E-state index is 0.273. The van der Waals surface area contributed by atoms with Crippen LogP contribution in [0.15, 0.2) is 0 Å². The lowest BCUT2D eigenvalue weighted by Gasteiger charge is -2.54. The minimum Gasteiger partial charge on any atom is -0.354 e. The van der Waals surface area contributed by atoms with E-state index >= 15 is 0 Å². The van der Waals surface area contributed by atoms with Crippen molar-refractivity contribution in [2.75, 3.05) is 13.1 Å². The van der Waals surface area contributed by atoms with Crippen LogP contribution >= 0.6 is 0 Å². The monoisotopic (exact) mass is 224 g/mol. The lowest BCUT2D eigenvalue weighted by atomic mass is 9.61. The highest BCUT2D eigenvalue weighted by molar-refractivity contribution is 5.80. The molecule has 2 atom stereocenters. The van der Waals surface area contributed by atoms with E-state index in [0.717, 1.165) is 13.1 Å². The first-order valence-electron chi connectivity index (χ1n) is 6.53. The minimum absolute atomic E-state index is 0.273. The fraction of sp³-hybridized carbons (Fsp3) is 0.923. The molecule has 1 N–H and O–H groups in total. The Morgan fingerprint density at radius 2 is 1.75 bits per heavy atom. The number of carbonyl (C=O) groups excluding carboxylic acids is 1. The van der Waals surface area contributed by atoms with Gasteiger partial charge in [0.25, 0.3) is 0 Å². The van der Waals surface area contributed by atoms with Gasteiger partial charge in [0.05, 0.1) is 0 Å². The third-order valence-corrected chi connectivity index (χ3v) is 4.02. The number of hydrogen-bond donors (Lipinski definition) is 1. The van der Waals surface area contributed by atoms with Gasteiger partial charge in [-0.25, -0.2) is 0 Å². The highest BCUT2D eigenvalue weighted by Crippen LogP contribution is 2.46. The van der Waals surface area contributed by atoms with E-state index in [-0.39, 0.29) is 6.04 Å². The third kappa shape index (κ3) is 2.10. The average molecular weight is 224 g/mol. The first kappa shape index (κ1) is 11.9. The van der Waals surface area contributed by atoms with Crippen LogP contribution in [0.2, 0.25) is 0 Å². The molecule has 2 aliphatic heterocycles. The molecule has 2 bridgehead atoms. The Hall–Kier alpha value is -0.570. The molecule has 0 aromatic carbocycles. The molecule has 3 nitrogen and oxygen atoms in total. The Morgan fingerprint density at radius 1 is 1.19 bits per heavy atom. The zero-order chi connectivity index (χ0) is 11.9. The Bertz CT molecular complexity index is 263. The number of fused-ring (bicyclic) bond motifs is 2. The fourth-order valence-electron chi connectivity index (χ4n) is 3.15. The Morgan fingerprint density at radius 3 is 2.19 bits per heavy atom. The maximum atomic E-state index is 12.0. The van der Waals surface area contributed by atoms with E-state index in [1.807, 2.05) is 13.8 Å². The van der Waals surface area contributed by atoms with Gasteiger partial charge in [-0.05, 0) is 46.0 Å². The van der Waals surface area contributed by atoms with Crippen LogP contribution in [0.3, 0.4) is 0 Å². The van der Waals surface area contributed by atoms with Gasteiger partial charge < -0.3 is 10.2 Å². The molecule has 3 fully saturated rings. The van der Waals surface area contributed by atoms with E-state index in [1.54, 1.807) is 0 Å². The summed E-state index contributed by atoms with van der Waals surface area (Å²) in [5.74, 6) is 1.82. The summed E-state index contributed by atoms with van der Waals surface area (Å²) < 4.78 is 0. The Balaban J connectivity index is 1.91. The maximum Gasteiger partial charge on any atom is 0.223 e. The number of carbonyl (C=O) groups is 1. The van der Waals surface area contributed by atoms with Crippen LogP contribution in [0.4, 0.5) is 0 Å². The number of rotatable bonds is 3. The molecule has 16 heavy (non-hydrogen) atoms. The number of nitrogens with one attached hydrogen (secondary N) is 1. The smallest absolute Gasteiger partial charge is 0.223 e. The second-order valence-electron chi connectivity index (χ2n) is 5.99. The summed E-state index contributed by atoms with van der Waals surface area (Å²) in [6.45, 7) is 10.8. The molecule has 0 aromatic heterocycles. The predicted molar refractivity (Wildman–Crippen MR) is 65.1 cm³/mol. The molecule has 0 radical (unpaired) electrons. The molecule has 2 heterocycles. The van der Waals surface area contributed by atoms with E-state index < -0.39 is 0 Å². The van der Waals surface area contributed by atoms with E-state index in [1.165, 1.54) is 6.42 Å². The fourth-order valence-corrected chi connectivity index (χ4v) is 3.15. The standard InChI is InChI=1S/C13H24N2O/c1-8(2)14-13(16)12-10-5-11(12)7-15(6-10)9(3)4/h8-12H,5-7H2,1-4H3,(H,14,16). The third-order valence-electron chi connectivity index (χ3n) is 4.02. The zero-order valence-corrected chi connectivity index (χ0v) is 10.9. The van der Waals surface area contributed by atoms with E-state index in [9.17, 15) is 4.79 Å². The van der Waals surface area contributed by atoms with Crippen molar-refractivity contribution >= 4 is 5.91 Å². The molecule has 1 aliphatic carbocycles. The Labute approximate surface area is 98.6 Å². The maximum absolute atomic E-state index is 12.0. The topological polar surface area (TPSA) is 32.3 Å². The molecule has 1 saturated carbocycles. The van der Waals surface area contributed by atoms with Crippen molar-refractivity contribution in [2.24, 2.45) is 17.8 Å². The summed E-state index contributed by atoms with van der Waals surface area (Å²) in [5, 5.41) is 3.06. The molecular formula is C13H24N2O. The molecule has 3 rings (SSSR count). The quantitative estimate of drug-likeness (QED) is 0.787. The molecule has 2 unspecified atom stereocenters. The largest absolute Gasteiger partial charge is 0.354 e. The van der Waals surface area contributed by atoms with Gasteiger partial charge in [-0.2, -0.15) is 0 Å². The number of piperidine rings is 2. The van der Waals surface area contributed by atoms with E-state index in [2.05, 4.69) is 24.1 Å². The molecule has 2 saturated heterocycles. The van der Waals surface area contributed by atoms with Gasteiger partial charge in [0.2, 0.25) is 5.91 Å². The summed E-state index contributed by atoms with van der Waals surface area (Å²) in [7, 11) is 0. The van der Waals surface area contributed by atoms with Gasteiger partial charge in [-0.3, -0.25) is 4.79 Å². The number of hydrogen-bond acceptors (Lipinski definition) is 2. The highest BCUT2D eigenvalue weighted by Gasteiger charge is 2.50. The van der Waals surface area contributed by atoms with Crippen molar-refractivity contribution in [3.8, 4) is 0 Å². The van der Waals surface area contributed by atoms with Crippen LogP contribution in [0.5, 0.6) is 0 Å². The SMILES string of the molecule is CC(C)NC(=O)C1C2CC1CN(C(C)C)C2. The molecule has 3 heteroatoms. The van der Waals surface area contributed by atoms with Crippen molar-refractivity contribution in [1.29, 1.82) is 0 Å². The van der Waals surface area contributed by atoms with Crippen LogP contribution in [0.1, 0.15) is 34.1 Å². The van der Waals surface area contributed by atoms with Crippen molar-refractivity contribution in [2.45, 2.75) is 46.2 Å². The normalized spacial score (nSPS) is 34.0. The summed E-state index contributed by atoms with van der Waals surface area (Å²) in [6, 6.07) is 0.898. The lowest BCUT2D eigenvalue weighted by molar-refractivity contribution is -0.143. The van der Waals surface area contributed by atoms with Crippen LogP contribution in [-0.4, -0.2) is 36.0 Å². The molecule has 3 aliphatic rings. The summed E-state index contributed by atoms with van der Waals surface area (Å²) in [4.78, 5) is 14.5. The first-order chi connectivity index (χ1) is 7.49. The van der Waals surface area contributed by atoms with Crippen LogP contribution in [-0.2, 0) is 4.79 Å². The van der Waals surface area contributed by atoms with Gasteiger partial charge in [-0.1, -0.05) is 0 Å². The van der Waals surface area contributed by atoms with Crippen LogP contribution in [0, 0.1) is 17.8 Å². The Kier molecular flexibility index (Phi) is 3.24. The molecule has 92 valence electrons. The van der Waals surface area contributed by atoms with Crippen LogP contribution in [0.25, 0.3) is 0 Å². The van der Waals surface area contributed by atoms with Gasteiger partial charge in [0.15, 0.2) is 0 Å². The number of amides is 1. The van der Waals surface area contributed by atoms with Gasteiger partial charge in [0, 0.05) is 31.1 Å². The van der Waals surface area contributed by atoms with E-state index in [4.69, 9.17) is 0 Å². The average Bonchev–Trinajstić information content (AvgIpc) is 2.16. The second kappa shape index (κ2) is 4.36. The molecular weight excluding hydrogens is 200 g/mol. The van der Waals surface area contributed by atoms with Gasteiger partial charge >= 0.3 is 0 Å². The summed E-state index contributed by atoms with van der Waals surface area (Å²) in [5.41, 5.74) is 0. The zero-order valence-electron chi connectivity index (χ0n) is 10.9. The van der Waals surface area contributed by atoms with Gasteiger partial charge in [0.1, 0.15) is 0 Å². The number of nitrogens with zero attached hydrogens (tertiary/aromatic N) is 1. The lowest BCUT2D eigenvalue weighted by Crippen LogP contribution is -2.61. The van der Waals surface area contributed by atoms with Crippen molar-refractivity contribution in [3.63, 3.8) is 0 Å². The highest BCUT2D eigenvalue weighted by atomic mass is 16.2. The van der Waals surface area contributed by atoms with Crippen molar-refractivity contribution in [3.05, 3.63) is 0 Å². The summed E-state index contributed by atoms with van der Waals surface area (Å²) >= 11 is 0. The predicted octanol–water partition coefficient (Wildman–Crippen LogP) is 1.49. The van der Waals surface area contributed by atoms with E-state index in [0.29, 0.717) is 29.7 Å². The molecule has 0 spiro atoms. The first-order valence-corrected chi connectivity index (χ1v) is 6.53. The van der Waals surface area contributed by atoms with Crippen LogP contribution < -0.4 is 5.32 Å². The van der Waals surface area contributed by atoms with Crippen molar-refractivity contribution in [1.82, 2.24) is 10.2 Å². The second-order valence-corrected chi connectivity index (χ2v) is 5.99. The van der Waals surface area contributed by atoms with Gasteiger partial charge in [-0.15, -0.1) is 0 Å². The molecule has 1 amide bonds. The molecule has 0 aromatic rings. The van der Waals surface area contributed by atoms with Crippen molar-refractivity contribution < 1.29 is 4.79 Å².